The van der Waals surface area contributed by atoms with Crippen LogP contribution in [0, 0.1) is 0 Å². The molecule has 10 nitrogen and oxygen atoms in total. The van der Waals surface area contributed by atoms with Crippen LogP contribution in [0.5, 0.6) is 17.2 Å². The fourth-order valence-electron chi connectivity index (χ4n) is 5.65. The number of thiazole rings is 1. The fraction of sp³-hybridized carbons (Fsp3) is 0.135. The number of fused-ring (bicyclic) bond motifs is 2. The third-order valence-corrected chi connectivity index (χ3v) is 8.80. The number of carbonyl (C=O) groups is 2. The molecule has 0 saturated carbocycles. The van der Waals surface area contributed by atoms with E-state index >= 15 is 0 Å². The third-order valence-electron chi connectivity index (χ3n) is 7.82. The average molecular weight is 661 g/mol. The first-order valence-electron chi connectivity index (χ1n) is 15.1. The maximum Gasteiger partial charge on any atom is 0.338 e. The van der Waals surface area contributed by atoms with Crippen LogP contribution in [0.15, 0.2) is 112 Å². The second kappa shape index (κ2) is 13.0. The zero-order valence-corrected chi connectivity index (χ0v) is 26.4. The number of rotatable bonds is 9. The van der Waals surface area contributed by atoms with Crippen molar-refractivity contribution < 1.29 is 33.6 Å². The first-order valence-corrected chi connectivity index (χ1v) is 15.9. The van der Waals surface area contributed by atoms with Gasteiger partial charge in [0.15, 0.2) is 16.3 Å². The highest BCUT2D eigenvalue weighted by atomic mass is 32.1. The van der Waals surface area contributed by atoms with Crippen LogP contribution in [0.25, 0.3) is 11.8 Å². The minimum Gasteiger partial charge on any atom is -0.489 e. The summed E-state index contributed by atoms with van der Waals surface area (Å²) in [4.78, 5) is 44.6. The zero-order chi connectivity index (χ0) is 33.2. The summed E-state index contributed by atoms with van der Waals surface area (Å²) in [5, 5.41) is 9.30. The second-order valence-corrected chi connectivity index (χ2v) is 11.9. The van der Waals surface area contributed by atoms with E-state index in [0.717, 1.165) is 0 Å². The van der Waals surface area contributed by atoms with E-state index < -0.39 is 18.0 Å². The standard InChI is InChI=1S/C37H28N2O8S/c1-2-44-36(43)31-32(24-10-4-3-5-11-24)38-37-39(33(31)25-14-15-28-29(19-25)47-21-46-28)34(40)30(48-37)18-22-8-7-13-27(17-22)45-20-23-9-6-12-26(16-23)35(41)42/h3-19,33H,2,20-21H2,1H3,(H,41,42)/b30-18-. The van der Waals surface area contributed by atoms with E-state index in [1.165, 1.54) is 22.0 Å². The minimum atomic E-state index is -1.01. The Morgan fingerprint density at radius 3 is 2.60 bits per heavy atom. The molecule has 1 aromatic heterocycles. The predicted octanol–water partition coefficient (Wildman–Crippen LogP) is 4.94. The van der Waals surface area contributed by atoms with Gasteiger partial charge in [0.25, 0.3) is 5.56 Å². The van der Waals surface area contributed by atoms with Crippen LogP contribution >= 0.6 is 11.3 Å². The number of hydrogen-bond acceptors (Lipinski definition) is 9. The molecule has 2 aliphatic heterocycles. The van der Waals surface area contributed by atoms with Gasteiger partial charge in [0.1, 0.15) is 12.4 Å². The highest BCUT2D eigenvalue weighted by Gasteiger charge is 2.36. The monoisotopic (exact) mass is 660 g/mol. The molecule has 0 radical (unpaired) electrons. The van der Waals surface area contributed by atoms with E-state index in [0.29, 0.717) is 54.5 Å². The van der Waals surface area contributed by atoms with Crippen molar-refractivity contribution in [3.05, 3.63) is 150 Å². The Hall–Kier alpha value is -5.94. The summed E-state index contributed by atoms with van der Waals surface area (Å²) >= 11 is 1.22. The van der Waals surface area contributed by atoms with E-state index in [4.69, 9.17) is 23.9 Å². The smallest absolute Gasteiger partial charge is 0.338 e. The number of benzene rings is 4. The van der Waals surface area contributed by atoms with Crippen LogP contribution in [0.3, 0.4) is 0 Å². The van der Waals surface area contributed by atoms with Crippen molar-refractivity contribution in [3.8, 4) is 17.2 Å². The Labute approximate surface area is 278 Å². The number of nitrogens with zero attached hydrogens (tertiary/aromatic N) is 2. The summed E-state index contributed by atoms with van der Waals surface area (Å²) in [6.45, 7) is 2.12. The van der Waals surface area contributed by atoms with E-state index in [-0.39, 0.29) is 36.7 Å². The molecule has 1 atom stereocenters. The fourth-order valence-corrected chi connectivity index (χ4v) is 6.65. The number of carboxylic acid groups (broad SMARTS) is 1. The van der Waals surface area contributed by atoms with E-state index in [2.05, 4.69) is 0 Å². The normalized spacial score (nSPS) is 15.1. The van der Waals surface area contributed by atoms with Gasteiger partial charge in [-0.3, -0.25) is 9.36 Å². The number of carboxylic acids is 1. The van der Waals surface area contributed by atoms with Crippen molar-refractivity contribution in [1.82, 2.24) is 4.57 Å². The average Bonchev–Trinajstić information content (AvgIpc) is 3.70. The SMILES string of the molecule is CCOC(=O)C1=C(c2ccccc2)N=c2s/c(=C\c3cccc(OCc4cccc(C(=O)O)c4)c3)c(=O)n2C1c1ccc2c(c1)OCO2. The lowest BCUT2D eigenvalue weighted by Crippen LogP contribution is -2.40. The predicted molar refractivity (Wildman–Crippen MR) is 178 cm³/mol. The largest absolute Gasteiger partial charge is 0.489 e. The van der Waals surface area contributed by atoms with Crippen LogP contribution in [-0.2, 0) is 16.1 Å². The summed E-state index contributed by atoms with van der Waals surface area (Å²) in [6.07, 6.45) is 1.76. The van der Waals surface area contributed by atoms with Crippen molar-refractivity contribution in [2.24, 2.45) is 4.99 Å². The quantitative estimate of drug-likeness (QED) is 0.221. The third kappa shape index (κ3) is 5.98. The number of aromatic carboxylic acids is 1. The summed E-state index contributed by atoms with van der Waals surface area (Å²) in [6, 6.07) is 27.7. The van der Waals surface area contributed by atoms with Gasteiger partial charge in [0.2, 0.25) is 6.79 Å². The van der Waals surface area contributed by atoms with E-state index in [1.807, 2.05) is 48.5 Å². The molecule has 0 amide bonds. The Morgan fingerprint density at radius 2 is 1.79 bits per heavy atom. The number of ether oxygens (including phenoxy) is 4. The zero-order valence-electron chi connectivity index (χ0n) is 25.6. The Morgan fingerprint density at radius 1 is 0.979 bits per heavy atom. The van der Waals surface area contributed by atoms with Crippen molar-refractivity contribution in [1.29, 1.82) is 0 Å². The Balaban J connectivity index is 1.33. The highest BCUT2D eigenvalue weighted by molar-refractivity contribution is 7.07. The lowest BCUT2D eigenvalue weighted by atomic mass is 9.93. The maximum absolute atomic E-state index is 14.3. The van der Waals surface area contributed by atoms with Gasteiger partial charge in [-0.1, -0.05) is 72.0 Å². The van der Waals surface area contributed by atoms with E-state index in [9.17, 15) is 19.5 Å². The maximum atomic E-state index is 14.3. The van der Waals surface area contributed by atoms with Crippen LogP contribution in [0.2, 0.25) is 0 Å². The van der Waals surface area contributed by atoms with Gasteiger partial charge in [-0.15, -0.1) is 0 Å². The molecule has 0 bridgehead atoms. The molecule has 0 spiro atoms. The van der Waals surface area contributed by atoms with E-state index in [1.54, 1.807) is 55.5 Å². The van der Waals surface area contributed by atoms with Crippen molar-refractivity contribution in [3.63, 3.8) is 0 Å². The first kappa shape index (κ1) is 30.7. The van der Waals surface area contributed by atoms with Gasteiger partial charge < -0.3 is 24.1 Å². The molecule has 48 heavy (non-hydrogen) atoms. The molecule has 0 saturated heterocycles. The van der Waals surface area contributed by atoms with Crippen LogP contribution in [-0.4, -0.2) is 35.0 Å². The molecule has 5 aromatic rings. The van der Waals surface area contributed by atoms with Crippen molar-refractivity contribution in [2.75, 3.05) is 13.4 Å². The molecule has 11 heteroatoms. The lowest BCUT2D eigenvalue weighted by Gasteiger charge is -2.26. The molecule has 1 unspecified atom stereocenters. The molecule has 240 valence electrons. The summed E-state index contributed by atoms with van der Waals surface area (Å²) < 4.78 is 24.6. The minimum absolute atomic E-state index is 0.0783. The second-order valence-electron chi connectivity index (χ2n) is 10.9. The van der Waals surface area contributed by atoms with Crippen LogP contribution in [0.1, 0.15) is 45.6 Å². The number of hydrogen-bond donors (Lipinski definition) is 1. The Bertz CT molecular complexity index is 2270. The molecule has 0 aliphatic carbocycles. The summed E-state index contributed by atoms with van der Waals surface area (Å²) in [7, 11) is 0. The molecule has 4 aromatic carbocycles. The molecule has 2 aliphatic rings. The first-order chi connectivity index (χ1) is 23.4. The van der Waals surface area contributed by atoms with Crippen LogP contribution < -0.4 is 29.1 Å². The van der Waals surface area contributed by atoms with Crippen LogP contribution in [0.4, 0.5) is 0 Å². The van der Waals surface area contributed by atoms with Crippen molar-refractivity contribution in [2.45, 2.75) is 19.6 Å². The van der Waals surface area contributed by atoms with Gasteiger partial charge in [-0.05, 0) is 66.1 Å². The van der Waals surface area contributed by atoms with Crippen molar-refractivity contribution >= 4 is 35.0 Å². The molecular weight excluding hydrogens is 632 g/mol. The summed E-state index contributed by atoms with van der Waals surface area (Å²) in [5.74, 6) is 0.0592. The van der Waals surface area contributed by atoms with Gasteiger partial charge in [-0.2, -0.15) is 0 Å². The van der Waals surface area contributed by atoms with Gasteiger partial charge >= 0.3 is 11.9 Å². The van der Waals surface area contributed by atoms with Gasteiger partial charge in [-0.25, -0.2) is 14.6 Å². The van der Waals surface area contributed by atoms with Gasteiger partial charge in [0, 0.05) is 5.56 Å². The molecule has 1 N–H and O–H groups in total. The van der Waals surface area contributed by atoms with Gasteiger partial charge in [0.05, 0.1) is 34.0 Å². The highest BCUT2D eigenvalue weighted by Crippen LogP contribution is 2.40. The molecule has 0 fully saturated rings. The Kier molecular flexibility index (Phi) is 8.35. The molecule has 3 heterocycles. The molecular formula is C37H28N2O8S. The summed E-state index contributed by atoms with van der Waals surface area (Å²) in [5.41, 5.74) is 3.29. The number of esters is 1. The number of carbonyl (C=O) groups excluding carboxylic acids is 1. The molecule has 7 rings (SSSR count). The lowest BCUT2D eigenvalue weighted by molar-refractivity contribution is -0.138. The number of aromatic nitrogens is 1. The topological polar surface area (TPSA) is 126 Å².